The minimum Gasteiger partial charge on any atom is -0.493 e. The van der Waals surface area contributed by atoms with Gasteiger partial charge in [-0.25, -0.2) is 0 Å². The predicted molar refractivity (Wildman–Crippen MR) is 97.0 cm³/mol. The number of fused-ring (bicyclic) bond motifs is 1. The summed E-state index contributed by atoms with van der Waals surface area (Å²) >= 11 is 0. The van der Waals surface area contributed by atoms with Crippen LogP contribution >= 0.6 is 0 Å². The summed E-state index contributed by atoms with van der Waals surface area (Å²) < 4.78 is 17.0. The van der Waals surface area contributed by atoms with E-state index < -0.39 is 5.91 Å². The number of hydrogen-bond acceptors (Lipinski definition) is 5. The zero-order valence-electron chi connectivity index (χ0n) is 15.2. The van der Waals surface area contributed by atoms with Crippen molar-refractivity contribution in [3.63, 3.8) is 0 Å². The van der Waals surface area contributed by atoms with Crippen LogP contribution in [0, 0.1) is 11.3 Å². The van der Waals surface area contributed by atoms with Crippen molar-refractivity contribution in [3.8, 4) is 17.6 Å². The van der Waals surface area contributed by atoms with E-state index in [9.17, 15) is 10.1 Å². The molecule has 0 spiro atoms. The van der Waals surface area contributed by atoms with E-state index in [0.29, 0.717) is 24.5 Å². The molecule has 0 radical (unpaired) electrons. The lowest BCUT2D eigenvalue weighted by molar-refractivity contribution is -0.117. The van der Waals surface area contributed by atoms with Crippen molar-refractivity contribution in [2.24, 2.45) is 0 Å². The second-order valence-electron chi connectivity index (χ2n) is 6.58. The number of nitrogens with one attached hydrogen (secondary N) is 1. The van der Waals surface area contributed by atoms with Crippen molar-refractivity contribution in [1.82, 2.24) is 5.32 Å². The van der Waals surface area contributed by atoms with Crippen LogP contribution in [-0.2, 0) is 16.0 Å². The number of rotatable bonds is 6. The number of carbonyl (C=O) groups is 1. The van der Waals surface area contributed by atoms with Crippen LogP contribution in [0.3, 0.4) is 0 Å². The molecule has 2 aliphatic heterocycles. The first-order valence-corrected chi connectivity index (χ1v) is 9.08. The molecule has 2 atom stereocenters. The molecule has 1 saturated heterocycles. The minimum atomic E-state index is -0.403. The van der Waals surface area contributed by atoms with Crippen molar-refractivity contribution in [3.05, 3.63) is 28.8 Å². The van der Waals surface area contributed by atoms with Gasteiger partial charge in [0.15, 0.2) is 0 Å². The second-order valence-corrected chi connectivity index (χ2v) is 6.58. The average molecular weight is 356 g/mol. The number of nitriles is 1. The molecule has 0 bridgehead atoms. The van der Waals surface area contributed by atoms with Gasteiger partial charge in [-0.3, -0.25) is 4.79 Å². The van der Waals surface area contributed by atoms with Crippen molar-refractivity contribution < 1.29 is 19.0 Å². The Labute approximate surface area is 153 Å². The number of benzene rings is 1. The normalized spacial score (nSPS) is 21.7. The first-order chi connectivity index (χ1) is 12.6. The highest BCUT2D eigenvalue weighted by Gasteiger charge is 2.22. The first kappa shape index (κ1) is 18.3. The van der Waals surface area contributed by atoms with Gasteiger partial charge < -0.3 is 19.5 Å². The fourth-order valence-electron chi connectivity index (χ4n) is 3.26. The predicted octanol–water partition coefficient (Wildman–Crippen LogP) is 2.61. The Morgan fingerprint density at radius 1 is 1.50 bits per heavy atom. The number of nitrogens with zero attached hydrogens (tertiary/aromatic N) is 1. The van der Waals surface area contributed by atoms with Gasteiger partial charge >= 0.3 is 0 Å². The van der Waals surface area contributed by atoms with E-state index in [0.717, 1.165) is 37.2 Å². The van der Waals surface area contributed by atoms with Gasteiger partial charge in [0.1, 0.15) is 29.2 Å². The third-order valence-corrected chi connectivity index (χ3v) is 4.51. The van der Waals surface area contributed by atoms with Crippen molar-refractivity contribution >= 4 is 12.0 Å². The molecule has 138 valence electrons. The van der Waals surface area contributed by atoms with E-state index >= 15 is 0 Å². The molecule has 1 fully saturated rings. The molecule has 1 amide bonds. The third-order valence-electron chi connectivity index (χ3n) is 4.51. The molecule has 26 heavy (non-hydrogen) atoms. The zero-order valence-corrected chi connectivity index (χ0v) is 15.2. The van der Waals surface area contributed by atoms with E-state index in [-0.39, 0.29) is 17.8 Å². The Bertz CT molecular complexity index is 745. The molecular weight excluding hydrogens is 332 g/mol. The number of carbonyl (C=O) groups excluding carboxylic acids is 1. The van der Waals surface area contributed by atoms with Crippen LogP contribution < -0.4 is 14.8 Å². The standard InChI is InChI=1S/C20H24N2O4/c1-3-24-18-9-14-7-13(2)26-19(14)10-15(18)8-16(11-21)20(23)22-12-17-5-4-6-25-17/h8-10,13,17H,3-7,12H2,1-2H3,(H,22,23)/b16-8+/t13-,17-/m0/s1. The summed E-state index contributed by atoms with van der Waals surface area (Å²) in [6.07, 6.45) is 4.47. The van der Waals surface area contributed by atoms with Crippen LogP contribution in [0.25, 0.3) is 6.08 Å². The van der Waals surface area contributed by atoms with Gasteiger partial charge in [0, 0.05) is 30.7 Å². The van der Waals surface area contributed by atoms with Crippen molar-refractivity contribution in [2.45, 2.75) is 45.3 Å². The SMILES string of the molecule is CCOc1cc2c(cc1/C=C(\C#N)C(=O)NC[C@@H]1CCCO1)O[C@@H](C)C2. The molecule has 3 rings (SSSR count). The number of hydrogen-bond donors (Lipinski definition) is 1. The van der Waals surface area contributed by atoms with E-state index in [1.54, 1.807) is 6.08 Å². The van der Waals surface area contributed by atoms with Gasteiger partial charge in [-0.15, -0.1) is 0 Å². The first-order valence-electron chi connectivity index (χ1n) is 9.08. The summed E-state index contributed by atoms with van der Waals surface area (Å²) in [6.45, 7) is 5.56. The molecule has 2 heterocycles. The van der Waals surface area contributed by atoms with Crippen LogP contribution in [0.4, 0.5) is 0 Å². The second kappa shape index (κ2) is 8.24. The van der Waals surface area contributed by atoms with E-state index in [2.05, 4.69) is 5.32 Å². The number of ether oxygens (including phenoxy) is 3. The Balaban J connectivity index is 1.80. The maximum atomic E-state index is 12.4. The maximum Gasteiger partial charge on any atom is 0.262 e. The molecule has 6 nitrogen and oxygen atoms in total. The fourth-order valence-corrected chi connectivity index (χ4v) is 3.26. The van der Waals surface area contributed by atoms with Crippen molar-refractivity contribution in [2.75, 3.05) is 19.8 Å². The maximum absolute atomic E-state index is 12.4. The third kappa shape index (κ3) is 4.17. The summed E-state index contributed by atoms with van der Waals surface area (Å²) in [7, 11) is 0. The Morgan fingerprint density at radius 3 is 3.04 bits per heavy atom. The monoisotopic (exact) mass is 356 g/mol. The summed E-state index contributed by atoms with van der Waals surface area (Å²) in [5.74, 6) is 1.04. The molecular formula is C20H24N2O4. The van der Waals surface area contributed by atoms with E-state index in [1.165, 1.54) is 0 Å². The lowest BCUT2D eigenvalue weighted by atomic mass is 10.0. The molecule has 6 heteroatoms. The van der Waals surface area contributed by atoms with Gasteiger partial charge in [0.25, 0.3) is 5.91 Å². The molecule has 0 unspecified atom stereocenters. The summed E-state index contributed by atoms with van der Waals surface area (Å²) in [5, 5.41) is 12.2. The van der Waals surface area contributed by atoms with Crippen LogP contribution in [-0.4, -0.2) is 37.9 Å². The fraction of sp³-hybridized carbons (Fsp3) is 0.500. The quantitative estimate of drug-likeness (QED) is 0.626. The Hall–Kier alpha value is -2.52. The highest BCUT2D eigenvalue weighted by Crippen LogP contribution is 2.36. The molecule has 1 aromatic rings. The van der Waals surface area contributed by atoms with Gasteiger partial charge in [-0.2, -0.15) is 5.26 Å². The topological polar surface area (TPSA) is 80.6 Å². The van der Waals surface area contributed by atoms with Gasteiger partial charge in [-0.05, 0) is 44.9 Å². The molecule has 0 aliphatic carbocycles. The van der Waals surface area contributed by atoms with E-state index in [4.69, 9.17) is 14.2 Å². The highest BCUT2D eigenvalue weighted by molar-refractivity contribution is 6.02. The molecule has 1 N–H and O–H groups in total. The average Bonchev–Trinajstić information content (AvgIpc) is 3.26. The molecule has 0 aromatic heterocycles. The number of amides is 1. The Kier molecular flexibility index (Phi) is 5.79. The van der Waals surface area contributed by atoms with Crippen LogP contribution in [0.2, 0.25) is 0 Å². The minimum absolute atomic E-state index is 0.0350. The lowest BCUT2D eigenvalue weighted by Gasteiger charge is -2.12. The van der Waals surface area contributed by atoms with Gasteiger partial charge in [-0.1, -0.05) is 0 Å². The summed E-state index contributed by atoms with van der Waals surface area (Å²) in [4.78, 5) is 12.4. The van der Waals surface area contributed by atoms with Crippen molar-refractivity contribution in [1.29, 1.82) is 5.26 Å². The van der Waals surface area contributed by atoms with Crippen LogP contribution in [0.1, 0.15) is 37.8 Å². The van der Waals surface area contributed by atoms with Crippen LogP contribution in [0.5, 0.6) is 11.5 Å². The highest BCUT2D eigenvalue weighted by atomic mass is 16.5. The molecule has 2 aliphatic rings. The summed E-state index contributed by atoms with van der Waals surface area (Å²) in [5.41, 5.74) is 1.79. The Morgan fingerprint density at radius 2 is 2.35 bits per heavy atom. The van der Waals surface area contributed by atoms with E-state index in [1.807, 2.05) is 32.0 Å². The van der Waals surface area contributed by atoms with Gasteiger partial charge in [0.05, 0.1) is 12.7 Å². The lowest BCUT2D eigenvalue weighted by Crippen LogP contribution is -2.32. The zero-order chi connectivity index (χ0) is 18.5. The smallest absolute Gasteiger partial charge is 0.262 e. The van der Waals surface area contributed by atoms with Gasteiger partial charge in [0.2, 0.25) is 0 Å². The van der Waals surface area contributed by atoms with Crippen LogP contribution in [0.15, 0.2) is 17.7 Å². The largest absolute Gasteiger partial charge is 0.493 e. The summed E-state index contributed by atoms with van der Waals surface area (Å²) in [6, 6.07) is 5.76. The molecule has 0 saturated carbocycles. The molecule has 1 aromatic carbocycles.